The van der Waals surface area contributed by atoms with E-state index in [9.17, 15) is 9.59 Å². The van der Waals surface area contributed by atoms with Gasteiger partial charge in [-0.3, -0.25) is 4.79 Å². The SMILES string of the molecule is COC(=O)c1c(C)[nH]c(C(=O)Nc2ccc3nc(OC)ccc3c2)c1C. The topological polar surface area (TPSA) is 93.3 Å². The molecular weight excluding hydrogens is 334 g/mol. The molecular formula is C19H19N3O4. The molecule has 0 bridgehead atoms. The van der Waals surface area contributed by atoms with Gasteiger partial charge in [-0.05, 0) is 43.7 Å². The summed E-state index contributed by atoms with van der Waals surface area (Å²) in [6.45, 7) is 3.44. The first-order valence-electron chi connectivity index (χ1n) is 7.98. The smallest absolute Gasteiger partial charge is 0.339 e. The summed E-state index contributed by atoms with van der Waals surface area (Å²) < 4.78 is 9.88. The highest BCUT2D eigenvalue weighted by atomic mass is 16.5. The minimum Gasteiger partial charge on any atom is -0.481 e. The highest BCUT2D eigenvalue weighted by molar-refractivity contribution is 6.07. The molecule has 0 aliphatic rings. The maximum atomic E-state index is 12.6. The number of rotatable bonds is 4. The standard InChI is InChI=1S/C19H19N3O4/c1-10-16(19(24)26-4)11(2)20-17(10)18(23)21-13-6-7-14-12(9-13)5-8-15(22-14)25-3/h5-9,20H,1-4H3,(H,21,23). The average molecular weight is 353 g/mol. The molecule has 0 unspecified atom stereocenters. The Hall–Kier alpha value is -3.35. The summed E-state index contributed by atoms with van der Waals surface area (Å²) in [5.41, 5.74) is 3.25. The molecule has 1 aromatic carbocycles. The number of esters is 1. The number of nitrogens with zero attached hydrogens (tertiary/aromatic N) is 1. The monoisotopic (exact) mass is 353 g/mol. The van der Waals surface area contributed by atoms with Crippen molar-refractivity contribution in [1.82, 2.24) is 9.97 Å². The number of nitrogens with one attached hydrogen (secondary N) is 2. The van der Waals surface area contributed by atoms with Gasteiger partial charge in [0, 0.05) is 22.8 Å². The van der Waals surface area contributed by atoms with Crippen LogP contribution in [-0.2, 0) is 4.74 Å². The largest absolute Gasteiger partial charge is 0.481 e. The van der Waals surface area contributed by atoms with E-state index >= 15 is 0 Å². The van der Waals surface area contributed by atoms with Crippen molar-refractivity contribution in [3.05, 3.63) is 52.8 Å². The second kappa shape index (κ2) is 6.87. The summed E-state index contributed by atoms with van der Waals surface area (Å²) in [5, 5.41) is 3.71. The molecule has 134 valence electrons. The van der Waals surface area contributed by atoms with E-state index in [0.717, 1.165) is 10.9 Å². The van der Waals surface area contributed by atoms with Crippen LogP contribution in [0.5, 0.6) is 5.88 Å². The van der Waals surface area contributed by atoms with Crippen molar-refractivity contribution in [3.8, 4) is 5.88 Å². The summed E-state index contributed by atoms with van der Waals surface area (Å²) in [5.74, 6) is -0.273. The van der Waals surface area contributed by atoms with Crippen LogP contribution < -0.4 is 10.1 Å². The molecule has 7 heteroatoms. The maximum Gasteiger partial charge on any atom is 0.339 e. The van der Waals surface area contributed by atoms with Gasteiger partial charge in [-0.25, -0.2) is 9.78 Å². The predicted molar refractivity (Wildman–Crippen MR) is 97.9 cm³/mol. The summed E-state index contributed by atoms with van der Waals surface area (Å²) in [4.78, 5) is 31.8. The van der Waals surface area contributed by atoms with Crippen LogP contribution in [0.15, 0.2) is 30.3 Å². The van der Waals surface area contributed by atoms with Crippen LogP contribution in [0.1, 0.15) is 32.1 Å². The summed E-state index contributed by atoms with van der Waals surface area (Å²) in [6.07, 6.45) is 0. The lowest BCUT2D eigenvalue weighted by atomic mass is 10.1. The number of carbonyl (C=O) groups excluding carboxylic acids is 2. The molecule has 0 fully saturated rings. The molecule has 3 aromatic rings. The van der Waals surface area contributed by atoms with E-state index in [1.807, 2.05) is 12.1 Å². The fraction of sp³-hybridized carbons (Fsp3) is 0.211. The van der Waals surface area contributed by atoms with Crippen LogP contribution in [0.25, 0.3) is 10.9 Å². The second-order valence-electron chi connectivity index (χ2n) is 5.83. The molecule has 3 rings (SSSR count). The first-order valence-corrected chi connectivity index (χ1v) is 7.98. The fourth-order valence-corrected chi connectivity index (χ4v) is 2.88. The van der Waals surface area contributed by atoms with Crippen molar-refractivity contribution in [2.45, 2.75) is 13.8 Å². The van der Waals surface area contributed by atoms with E-state index in [2.05, 4.69) is 15.3 Å². The summed E-state index contributed by atoms with van der Waals surface area (Å²) >= 11 is 0. The number of hydrogen-bond acceptors (Lipinski definition) is 5. The van der Waals surface area contributed by atoms with Gasteiger partial charge in [-0.1, -0.05) is 0 Å². The number of aryl methyl sites for hydroxylation is 1. The van der Waals surface area contributed by atoms with Crippen molar-refractivity contribution in [2.24, 2.45) is 0 Å². The average Bonchev–Trinajstić information content (AvgIpc) is 2.95. The number of benzene rings is 1. The molecule has 0 spiro atoms. The molecule has 7 nitrogen and oxygen atoms in total. The van der Waals surface area contributed by atoms with Gasteiger partial charge in [0.15, 0.2) is 0 Å². The zero-order chi connectivity index (χ0) is 18.8. The van der Waals surface area contributed by atoms with Crippen LogP contribution in [0.2, 0.25) is 0 Å². The Kier molecular flexibility index (Phi) is 4.62. The van der Waals surface area contributed by atoms with Gasteiger partial charge in [0.1, 0.15) is 5.69 Å². The molecule has 0 aliphatic carbocycles. The molecule has 0 radical (unpaired) electrons. The molecule has 0 atom stereocenters. The number of anilines is 1. The molecule has 1 amide bonds. The van der Waals surface area contributed by atoms with Crippen molar-refractivity contribution < 1.29 is 19.1 Å². The lowest BCUT2D eigenvalue weighted by Gasteiger charge is -2.07. The Labute approximate surface area is 150 Å². The third-order valence-corrected chi connectivity index (χ3v) is 4.18. The number of amides is 1. The predicted octanol–water partition coefficient (Wildman–Crippen LogP) is 3.23. The minimum absolute atomic E-state index is 0.329. The lowest BCUT2D eigenvalue weighted by Crippen LogP contribution is -2.14. The van der Waals surface area contributed by atoms with Crippen LogP contribution in [0, 0.1) is 13.8 Å². The van der Waals surface area contributed by atoms with E-state index in [1.54, 1.807) is 39.2 Å². The third-order valence-electron chi connectivity index (χ3n) is 4.18. The van der Waals surface area contributed by atoms with Gasteiger partial charge < -0.3 is 19.8 Å². The number of aromatic amines is 1. The van der Waals surface area contributed by atoms with Crippen molar-refractivity contribution in [2.75, 3.05) is 19.5 Å². The number of fused-ring (bicyclic) bond motifs is 1. The second-order valence-corrected chi connectivity index (χ2v) is 5.83. The Morgan fingerprint density at radius 3 is 2.58 bits per heavy atom. The molecule has 2 heterocycles. The highest BCUT2D eigenvalue weighted by Crippen LogP contribution is 2.23. The van der Waals surface area contributed by atoms with Crippen LogP contribution in [-0.4, -0.2) is 36.1 Å². The van der Waals surface area contributed by atoms with Crippen molar-refractivity contribution >= 4 is 28.5 Å². The van der Waals surface area contributed by atoms with Gasteiger partial charge >= 0.3 is 5.97 Å². The van der Waals surface area contributed by atoms with Gasteiger partial charge in [0.2, 0.25) is 5.88 Å². The fourth-order valence-electron chi connectivity index (χ4n) is 2.88. The van der Waals surface area contributed by atoms with Gasteiger partial charge in [-0.15, -0.1) is 0 Å². The Bertz CT molecular complexity index is 1010. The molecule has 2 aromatic heterocycles. The Morgan fingerprint density at radius 1 is 1.12 bits per heavy atom. The number of hydrogen-bond donors (Lipinski definition) is 2. The first kappa shape index (κ1) is 17.5. The quantitative estimate of drug-likeness (QED) is 0.703. The van der Waals surface area contributed by atoms with E-state index < -0.39 is 5.97 Å². The van der Waals surface area contributed by atoms with Crippen molar-refractivity contribution in [1.29, 1.82) is 0 Å². The molecule has 26 heavy (non-hydrogen) atoms. The summed E-state index contributed by atoms with van der Waals surface area (Å²) in [7, 11) is 2.87. The number of carbonyl (C=O) groups is 2. The van der Waals surface area contributed by atoms with Gasteiger partial charge in [0.25, 0.3) is 5.91 Å². The molecule has 0 aliphatic heterocycles. The third kappa shape index (κ3) is 3.11. The minimum atomic E-state index is -0.471. The number of methoxy groups -OCH3 is 2. The van der Waals surface area contributed by atoms with Crippen LogP contribution >= 0.6 is 0 Å². The van der Waals surface area contributed by atoms with E-state index in [4.69, 9.17) is 9.47 Å². The molecule has 0 saturated heterocycles. The molecule has 0 saturated carbocycles. The van der Waals surface area contributed by atoms with E-state index in [1.165, 1.54) is 7.11 Å². The van der Waals surface area contributed by atoms with E-state index in [-0.39, 0.29) is 5.91 Å². The van der Waals surface area contributed by atoms with Gasteiger partial charge in [-0.2, -0.15) is 0 Å². The Morgan fingerprint density at radius 2 is 1.88 bits per heavy atom. The normalized spacial score (nSPS) is 10.6. The van der Waals surface area contributed by atoms with Crippen molar-refractivity contribution in [3.63, 3.8) is 0 Å². The first-order chi connectivity index (χ1) is 12.4. The van der Waals surface area contributed by atoms with Crippen LogP contribution in [0.4, 0.5) is 5.69 Å². The van der Waals surface area contributed by atoms with Gasteiger partial charge in [0.05, 0.1) is 25.3 Å². The summed E-state index contributed by atoms with van der Waals surface area (Å²) in [6, 6.07) is 9.02. The number of aromatic nitrogens is 2. The van der Waals surface area contributed by atoms with E-state index in [0.29, 0.717) is 34.1 Å². The number of H-pyrrole nitrogens is 1. The zero-order valence-corrected chi connectivity index (χ0v) is 15.0. The lowest BCUT2D eigenvalue weighted by molar-refractivity contribution is 0.0599. The maximum absolute atomic E-state index is 12.6. The highest BCUT2D eigenvalue weighted by Gasteiger charge is 2.22. The van der Waals surface area contributed by atoms with Crippen LogP contribution in [0.3, 0.4) is 0 Å². The number of pyridine rings is 1. The zero-order valence-electron chi connectivity index (χ0n) is 15.0. The molecule has 2 N–H and O–H groups in total. The number of ether oxygens (including phenoxy) is 2. The Balaban J connectivity index is 1.88.